The molecular formula is C20H24N2OS. The number of aromatic amines is 1. The smallest absolute Gasteiger partial charge is 0.305 e. The highest BCUT2D eigenvalue weighted by molar-refractivity contribution is 7.09. The van der Waals surface area contributed by atoms with Gasteiger partial charge in [0.15, 0.2) is 0 Å². The van der Waals surface area contributed by atoms with Crippen LogP contribution in [0.15, 0.2) is 47.3 Å². The third kappa shape index (κ3) is 3.77. The van der Waals surface area contributed by atoms with Crippen molar-refractivity contribution in [3.8, 4) is 11.3 Å². The van der Waals surface area contributed by atoms with E-state index < -0.39 is 0 Å². The van der Waals surface area contributed by atoms with E-state index in [-0.39, 0.29) is 4.87 Å². The molecule has 2 aromatic carbocycles. The van der Waals surface area contributed by atoms with Crippen LogP contribution in [-0.4, -0.2) is 23.0 Å². The monoisotopic (exact) mass is 340 g/mol. The summed E-state index contributed by atoms with van der Waals surface area (Å²) in [7, 11) is 0. The molecule has 3 aromatic rings. The standard InChI is InChI=1S/C20H24N2OS/c1-3-11-22(12-4-2)14-18-19(21-20(23)24-18)17-10-9-15-7-5-6-8-16(15)13-17/h5-10,13H,3-4,11-12,14H2,1-2H3,(H,21,23). The Morgan fingerprint density at radius 1 is 1.00 bits per heavy atom. The van der Waals surface area contributed by atoms with Gasteiger partial charge in [0.25, 0.3) is 0 Å². The number of aromatic nitrogens is 1. The molecule has 0 saturated carbocycles. The molecule has 24 heavy (non-hydrogen) atoms. The fourth-order valence-corrected chi connectivity index (χ4v) is 4.05. The summed E-state index contributed by atoms with van der Waals surface area (Å²) in [6.45, 7) is 7.38. The van der Waals surface area contributed by atoms with Gasteiger partial charge >= 0.3 is 4.87 Å². The Hall–Kier alpha value is -1.91. The lowest BCUT2D eigenvalue weighted by atomic mass is 10.0. The Labute approximate surface area is 147 Å². The van der Waals surface area contributed by atoms with Crippen LogP contribution < -0.4 is 4.87 Å². The van der Waals surface area contributed by atoms with Crippen LogP contribution in [0.2, 0.25) is 0 Å². The first kappa shape index (κ1) is 16.9. The Kier molecular flexibility index (Phi) is 5.48. The van der Waals surface area contributed by atoms with Crippen LogP contribution >= 0.6 is 11.3 Å². The summed E-state index contributed by atoms with van der Waals surface area (Å²) in [5.41, 5.74) is 2.07. The van der Waals surface area contributed by atoms with E-state index in [1.165, 1.54) is 22.1 Å². The minimum absolute atomic E-state index is 0.0288. The maximum atomic E-state index is 12.0. The van der Waals surface area contributed by atoms with Crippen molar-refractivity contribution in [1.29, 1.82) is 0 Å². The third-order valence-corrected chi connectivity index (χ3v) is 5.07. The zero-order valence-electron chi connectivity index (χ0n) is 14.3. The topological polar surface area (TPSA) is 36.1 Å². The molecule has 1 aromatic heterocycles. The van der Waals surface area contributed by atoms with Gasteiger partial charge < -0.3 is 4.98 Å². The molecule has 0 bridgehead atoms. The summed E-state index contributed by atoms with van der Waals surface area (Å²) in [5.74, 6) is 0. The predicted molar refractivity (Wildman–Crippen MR) is 104 cm³/mol. The number of benzene rings is 2. The van der Waals surface area contributed by atoms with Crippen LogP contribution in [-0.2, 0) is 6.54 Å². The molecule has 0 fully saturated rings. The van der Waals surface area contributed by atoms with Crippen LogP contribution in [0.5, 0.6) is 0 Å². The number of H-pyrrole nitrogens is 1. The van der Waals surface area contributed by atoms with E-state index in [2.05, 4.69) is 54.1 Å². The van der Waals surface area contributed by atoms with Crippen molar-refractivity contribution in [2.24, 2.45) is 0 Å². The van der Waals surface area contributed by atoms with Gasteiger partial charge in [-0.1, -0.05) is 61.6 Å². The highest BCUT2D eigenvalue weighted by Crippen LogP contribution is 2.28. The predicted octanol–water partition coefficient (Wildman–Crippen LogP) is 4.88. The molecule has 1 N–H and O–H groups in total. The molecule has 0 aliphatic carbocycles. The van der Waals surface area contributed by atoms with Gasteiger partial charge in [-0.3, -0.25) is 9.69 Å². The Morgan fingerprint density at radius 3 is 2.42 bits per heavy atom. The van der Waals surface area contributed by atoms with Crippen molar-refractivity contribution < 1.29 is 0 Å². The Balaban J connectivity index is 1.96. The quantitative estimate of drug-likeness (QED) is 0.665. The van der Waals surface area contributed by atoms with Gasteiger partial charge in [0, 0.05) is 11.4 Å². The van der Waals surface area contributed by atoms with E-state index in [1.54, 1.807) is 0 Å². The fraction of sp³-hybridized carbons (Fsp3) is 0.350. The lowest BCUT2D eigenvalue weighted by Gasteiger charge is -2.20. The first-order valence-electron chi connectivity index (χ1n) is 8.64. The minimum Gasteiger partial charge on any atom is -0.312 e. The van der Waals surface area contributed by atoms with Gasteiger partial charge in [0.2, 0.25) is 0 Å². The number of fused-ring (bicyclic) bond motifs is 1. The Bertz CT molecular complexity index is 859. The number of hydrogen-bond donors (Lipinski definition) is 1. The van der Waals surface area contributed by atoms with Gasteiger partial charge in [-0.2, -0.15) is 0 Å². The summed E-state index contributed by atoms with van der Waals surface area (Å²) < 4.78 is 0. The van der Waals surface area contributed by atoms with E-state index in [1.807, 2.05) is 12.1 Å². The maximum absolute atomic E-state index is 12.0. The second kappa shape index (κ2) is 7.77. The van der Waals surface area contributed by atoms with Crippen LogP contribution in [0.3, 0.4) is 0 Å². The van der Waals surface area contributed by atoms with Gasteiger partial charge in [-0.15, -0.1) is 0 Å². The molecular weight excluding hydrogens is 316 g/mol. The average Bonchev–Trinajstić information content (AvgIpc) is 2.95. The molecule has 4 heteroatoms. The minimum atomic E-state index is 0.0288. The lowest BCUT2D eigenvalue weighted by Crippen LogP contribution is -2.24. The average molecular weight is 340 g/mol. The second-order valence-corrected chi connectivity index (χ2v) is 7.22. The number of nitrogens with zero attached hydrogens (tertiary/aromatic N) is 1. The van der Waals surface area contributed by atoms with Crippen molar-refractivity contribution in [2.75, 3.05) is 13.1 Å². The molecule has 0 spiro atoms. The summed E-state index contributed by atoms with van der Waals surface area (Å²) in [6.07, 6.45) is 2.26. The normalized spacial score (nSPS) is 11.5. The molecule has 0 unspecified atom stereocenters. The fourth-order valence-electron chi connectivity index (χ4n) is 3.15. The molecule has 0 amide bonds. The molecule has 3 rings (SSSR count). The van der Waals surface area contributed by atoms with Crippen molar-refractivity contribution in [1.82, 2.24) is 9.88 Å². The van der Waals surface area contributed by atoms with E-state index >= 15 is 0 Å². The summed E-state index contributed by atoms with van der Waals surface area (Å²) >= 11 is 1.34. The van der Waals surface area contributed by atoms with E-state index in [0.717, 1.165) is 48.6 Å². The molecule has 126 valence electrons. The number of nitrogens with one attached hydrogen (secondary N) is 1. The van der Waals surface area contributed by atoms with Crippen molar-refractivity contribution in [2.45, 2.75) is 33.2 Å². The lowest BCUT2D eigenvalue weighted by molar-refractivity contribution is 0.269. The molecule has 0 aliphatic heterocycles. The van der Waals surface area contributed by atoms with Gasteiger partial charge in [0.05, 0.1) is 5.69 Å². The molecule has 1 heterocycles. The van der Waals surface area contributed by atoms with Crippen LogP contribution in [0.1, 0.15) is 31.6 Å². The van der Waals surface area contributed by atoms with Crippen LogP contribution in [0.25, 0.3) is 22.0 Å². The molecule has 0 saturated heterocycles. The maximum Gasteiger partial charge on any atom is 0.305 e. The van der Waals surface area contributed by atoms with Crippen LogP contribution in [0.4, 0.5) is 0 Å². The first-order valence-corrected chi connectivity index (χ1v) is 9.46. The SMILES string of the molecule is CCCN(CCC)Cc1sc(=O)[nH]c1-c1ccc2ccccc2c1. The highest BCUT2D eigenvalue weighted by atomic mass is 32.1. The van der Waals surface area contributed by atoms with E-state index in [0.29, 0.717) is 0 Å². The van der Waals surface area contributed by atoms with E-state index in [9.17, 15) is 4.79 Å². The number of hydrogen-bond acceptors (Lipinski definition) is 3. The zero-order valence-corrected chi connectivity index (χ0v) is 15.2. The van der Waals surface area contributed by atoms with Crippen LogP contribution in [0, 0.1) is 0 Å². The largest absolute Gasteiger partial charge is 0.312 e. The molecule has 0 radical (unpaired) electrons. The molecule has 3 nitrogen and oxygen atoms in total. The first-order chi connectivity index (χ1) is 11.7. The summed E-state index contributed by atoms with van der Waals surface area (Å²) in [5, 5.41) is 2.42. The Morgan fingerprint density at radius 2 is 1.71 bits per heavy atom. The second-order valence-electron chi connectivity index (χ2n) is 6.15. The number of rotatable bonds is 7. The van der Waals surface area contributed by atoms with Crippen molar-refractivity contribution in [3.63, 3.8) is 0 Å². The number of thiazole rings is 1. The summed E-state index contributed by atoms with van der Waals surface area (Å²) in [4.78, 5) is 18.6. The zero-order chi connectivity index (χ0) is 16.9. The molecule has 0 atom stereocenters. The molecule has 0 aliphatic rings. The summed E-state index contributed by atoms with van der Waals surface area (Å²) in [6, 6.07) is 14.7. The van der Waals surface area contributed by atoms with Crippen molar-refractivity contribution >= 4 is 22.1 Å². The van der Waals surface area contributed by atoms with E-state index in [4.69, 9.17) is 0 Å². The highest BCUT2D eigenvalue weighted by Gasteiger charge is 2.14. The van der Waals surface area contributed by atoms with Gasteiger partial charge in [-0.05, 0) is 48.3 Å². The van der Waals surface area contributed by atoms with Crippen molar-refractivity contribution in [3.05, 3.63) is 57.0 Å². The third-order valence-electron chi connectivity index (χ3n) is 4.21. The van der Waals surface area contributed by atoms with Gasteiger partial charge in [-0.25, -0.2) is 0 Å². The van der Waals surface area contributed by atoms with Gasteiger partial charge in [0.1, 0.15) is 0 Å².